The number of phosphoric acid groups is 1. The highest BCUT2D eigenvalue weighted by atomic mass is 31.2. The van der Waals surface area contributed by atoms with Crippen LogP contribution in [0.2, 0.25) is 0 Å². The molecule has 2 atom stereocenters. The number of unbranched alkanes of at least 4 members (excludes halogenated alkanes) is 30. The number of esters is 2. The van der Waals surface area contributed by atoms with Crippen molar-refractivity contribution in [1.82, 2.24) is 10.6 Å². The summed E-state index contributed by atoms with van der Waals surface area (Å²) in [6.07, 6.45) is 42.8. The SMILES string of the molecule is CC=CC(C)=CC(=O)NC=COOOOOOOOOOOOOOOOOOOOOOOOOOOOOOOOOOOOOOOOOOOOCCOC(=O)NCCOP(=O)(O)OC[C@@H](COC(=O)CCCCCCCCCCCCCCCCCCC)OC(=O)CCCCCCCCCCCCCCCCC. The molecule has 0 radical (unpaired) electrons. The number of amides is 2. The lowest BCUT2D eigenvalue weighted by atomic mass is 10.0. The van der Waals surface area contributed by atoms with Gasteiger partial charge in [0.25, 0.3) is 0 Å². The van der Waals surface area contributed by atoms with E-state index >= 15 is 0 Å². The third-order valence-electron chi connectivity index (χ3n) is 13.0. The molecule has 0 fully saturated rings. The van der Waals surface area contributed by atoms with Crippen molar-refractivity contribution in [2.45, 2.75) is 252 Å². The van der Waals surface area contributed by atoms with E-state index in [9.17, 15) is 28.6 Å². The average molecular weight is 1700 g/mol. The van der Waals surface area contributed by atoms with Gasteiger partial charge in [0, 0.05) is 203 Å². The minimum atomic E-state index is -4.77. The molecule has 0 aromatic rings. The monoisotopic (exact) mass is 1700 g/mol. The summed E-state index contributed by atoms with van der Waals surface area (Å²) >= 11 is 0. The van der Waals surface area contributed by atoms with Crippen LogP contribution in [0.1, 0.15) is 246 Å². The highest BCUT2D eigenvalue weighted by Gasteiger charge is 2.26. The summed E-state index contributed by atoms with van der Waals surface area (Å²) in [5.74, 6) is -1.52. The molecular weight excluding hydrogens is 1600 g/mol. The Labute approximate surface area is 642 Å². The van der Waals surface area contributed by atoms with E-state index in [0.717, 1.165) is 57.4 Å². The summed E-state index contributed by atoms with van der Waals surface area (Å²) in [4.78, 5) is 68.1. The van der Waals surface area contributed by atoms with Gasteiger partial charge >= 0.3 is 25.9 Å². The lowest BCUT2D eigenvalue weighted by molar-refractivity contribution is -0.909. The maximum absolute atomic E-state index is 12.9. The second-order valence-electron chi connectivity index (χ2n) is 21.5. The normalized spacial score (nSPS) is 12.7. The Kier molecular flexibility index (Phi) is 87.0. The lowest BCUT2D eigenvalue weighted by Gasteiger charge is -2.20. The van der Waals surface area contributed by atoms with Crippen LogP contribution in [0.3, 0.4) is 0 Å². The molecule has 0 aliphatic heterocycles. The van der Waals surface area contributed by atoms with E-state index in [2.05, 4.69) is 246 Å². The van der Waals surface area contributed by atoms with Gasteiger partial charge in [-0.05, 0) is 72.6 Å². The predicted molar refractivity (Wildman–Crippen MR) is 329 cm³/mol. The van der Waals surface area contributed by atoms with E-state index in [1.807, 2.05) is 0 Å². The summed E-state index contributed by atoms with van der Waals surface area (Å²) in [5, 5.41) is 157. The van der Waals surface area contributed by atoms with Crippen LogP contribution in [-0.2, 0) is 264 Å². The Bertz CT molecular complexity index is 2200. The van der Waals surface area contributed by atoms with Crippen LogP contribution in [0.25, 0.3) is 0 Å². The molecule has 0 spiro atoms. The number of ether oxygens (including phenoxy) is 3. The largest absolute Gasteiger partial charge is 0.472 e. The first kappa shape index (κ1) is 108. The molecule has 0 rings (SSSR count). The van der Waals surface area contributed by atoms with Crippen LogP contribution in [0.15, 0.2) is 36.3 Å². The molecule has 1 unspecified atom stereocenters. The van der Waals surface area contributed by atoms with Crippen LogP contribution in [0.5, 0.6) is 0 Å². The van der Waals surface area contributed by atoms with E-state index in [0.29, 0.717) is 18.4 Å². The minimum absolute atomic E-state index is 0.107. The minimum Gasteiger partial charge on any atom is -0.462 e. The van der Waals surface area contributed by atoms with Gasteiger partial charge in [-0.3, -0.25) is 23.4 Å². The summed E-state index contributed by atoms with van der Waals surface area (Å²) < 4.78 is 38.5. The van der Waals surface area contributed by atoms with Gasteiger partial charge in [0.1, 0.15) is 26.1 Å². The highest BCUT2D eigenvalue weighted by Crippen LogP contribution is 2.43. The van der Waals surface area contributed by atoms with Crippen molar-refractivity contribution in [1.29, 1.82) is 0 Å². The Morgan fingerprint density at radius 2 is 0.673 bits per heavy atom. The van der Waals surface area contributed by atoms with Gasteiger partial charge in [0.2, 0.25) is 5.91 Å². The number of nitrogens with one attached hydrogen (secondary N) is 2. The zero-order chi connectivity index (χ0) is 81.8. The van der Waals surface area contributed by atoms with Gasteiger partial charge in [-0.1, -0.05) is 219 Å². The zero-order valence-corrected chi connectivity index (χ0v) is 63.1. The fourth-order valence-corrected chi connectivity index (χ4v) is 9.00. The molecule has 0 aromatic carbocycles. The lowest BCUT2D eigenvalue weighted by Crippen LogP contribution is -2.30. The number of carbonyl (C=O) groups excluding carboxylic acids is 4. The third kappa shape index (κ3) is 90.9. The van der Waals surface area contributed by atoms with Crippen LogP contribution < -0.4 is 10.6 Å². The third-order valence-corrected chi connectivity index (χ3v) is 14.0. The number of carbonyl (C=O) groups is 4. The number of phosphoric ester groups is 1. The molecule has 0 aliphatic carbocycles. The van der Waals surface area contributed by atoms with Gasteiger partial charge in [-0.2, -0.15) is 0 Å². The highest BCUT2D eigenvalue weighted by molar-refractivity contribution is 7.47. The van der Waals surface area contributed by atoms with Gasteiger partial charge in [0.05, 0.1) is 13.2 Å². The van der Waals surface area contributed by atoms with Crippen molar-refractivity contribution in [2.24, 2.45) is 0 Å². The van der Waals surface area contributed by atoms with E-state index in [1.54, 1.807) is 26.0 Å². The molecule has 113 heavy (non-hydrogen) atoms. The van der Waals surface area contributed by atoms with E-state index in [-0.39, 0.29) is 19.4 Å². The molecule has 0 saturated carbocycles. The number of hydrogen-bond acceptors (Lipinski definition) is 54. The van der Waals surface area contributed by atoms with Gasteiger partial charge in [0.15, 0.2) is 6.10 Å². The zero-order valence-electron chi connectivity index (χ0n) is 62.2. The molecular formula is C55H101N2O55P. The van der Waals surface area contributed by atoms with Gasteiger partial charge in [-0.25, -0.2) is 14.2 Å². The fourth-order valence-electron chi connectivity index (χ4n) is 8.25. The molecule has 666 valence electrons. The van der Waals surface area contributed by atoms with Crippen LogP contribution in [0.4, 0.5) is 4.79 Å². The first-order valence-electron chi connectivity index (χ1n) is 34.9. The van der Waals surface area contributed by atoms with Crippen LogP contribution in [0, 0.1) is 0 Å². The average Bonchev–Trinajstić information content (AvgIpc) is 0.907. The second kappa shape index (κ2) is 91.0. The molecule has 0 aromatic heterocycles. The maximum Gasteiger partial charge on any atom is 0.472 e. The topological polar surface area (TPSA) is 582 Å². The Morgan fingerprint density at radius 3 is 1.01 bits per heavy atom. The van der Waals surface area contributed by atoms with E-state index in [4.69, 9.17) is 23.3 Å². The van der Waals surface area contributed by atoms with Crippen molar-refractivity contribution in [3.05, 3.63) is 36.3 Å². The molecule has 57 nitrogen and oxygen atoms in total. The van der Waals surface area contributed by atoms with Gasteiger partial charge in [-0.15, -0.1) is 0 Å². The molecule has 0 heterocycles. The summed E-state index contributed by atoms with van der Waals surface area (Å²) in [6.45, 7) is 5.20. The number of alkyl carbamates (subject to hydrolysis) is 1. The Morgan fingerprint density at radius 1 is 0.363 bits per heavy atom. The number of hydrogen-bond donors (Lipinski definition) is 3. The predicted octanol–water partition coefficient (Wildman–Crippen LogP) is 11.8. The van der Waals surface area contributed by atoms with Gasteiger partial charge < -0.3 is 34.6 Å². The van der Waals surface area contributed by atoms with Crippen molar-refractivity contribution >= 4 is 31.8 Å². The maximum atomic E-state index is 12.9. The summed E-state index contributed by atoms with van der Waals surface area (Å²) in [7, 11) is -4.77. The molecule has 58 heteroatoms. The van der Waals surface area contributed by atoms with Crippen LogP contribution in [-0.4, -0.2) is 74.5 Å². The van der Waals surface area contributed by atoms with E-state index < -0.39 is 70.9 Å². The van der Waals surface area contributed by atoms with Crippen molar-refractivity contribution < 1.29 is 273 Å². The van der Waals surface area contributed by atoms with Crippen LogP contribution >= 0.6 is 7.82 Å². The molecule has 0 aliphatic rings. The molecule has 0 bridgehead atoms. The molecule has 0 saturated heterocycles. The number of allylic oxidation sites excluding steroid dienone is 3. The Hall–Kier alpha value is -4.91. The Balaban J connectivity index is 3.85. The first-order chi connectivity index (χ1) is 55.5. The fraction of sp³-hybridized carbons (Fsp3) is 0.818. The van der Waals surface area contributed by atoms with Crippen molar-refractivity contribution in [2.75, 3.05) is 39.6 Å². The standard InChI is InChI=1S/C55H101N2O55P/c1-5-8-10-12-14-16-18-20-22-23-25-26-28-30-32-34-36-39-53(59)65-48-51(70-54(60)40-37-35-33-31-29-27-24-21-19-17-15-13-11-9-6-2)49-69-113(62,63)68-44-42-57-55(61)64-45-46-67-72-74-76-78-80-82-84-86-88-90-92-94-96-98-100-102-104-106-108-110-112-111-109-107-105-103-101-99-97-95-93-91-89-87-85-83-81-79-77-75-73-71-66-43-41-56-52(58)47-50(4)38-7-3/h7,38,41,43,47,51H,5-6,8-37,39-40,42,44-46,48-49H2,1-4H3,(H,56,58)(H,57,61)(H,62,63)/t51-/m1/s1. The van der Waals surface area contributed by atoms with E-state index in [1.165, 1.54) is 154 Å². The van der Waals surface area contributed by atoms with Crippen molar-refractivity contribution in [3.63, 3.8) is 0 Å². The smallest absolute Gasteiger partial charge is 0.462 e. The van der Waals surface area contributed by atoms with Crippen molar-refractivity contribution in [3.8, 4) is 0 Å². The number of rotatable bonds is 94. The first-order valence-corrected chi connectivity index (χ1v) is 36.4. The molecule has 3 N–H and O–H groups in total. The molecule has 2 amide bonds. The quantitative estimate of drug-likeness (QED) is 0.00586. The second-order valence-corrected chi connectivity index (χ2v) is 23.0. The summed E-state index contributed by atoms with van der Waals surface area (Å²) in [6, 6.07) is 0. The summed E-state index contributed by atoms with van der Waals surface area (Å²) in [5.41, 5.74) is 0.697.